The molecule has 1 aliphatic heterocycles. The largest absolute Gasteiger partial charge is 0.488 e. The molecule has 0 aliphatic carbocycles. The number of likely N-dealkylation sites (N-methyl/N-ethyl adjacent to an activating group) is 1. The van der Waals surface area contributed by atoms with Crippen molar-refractivity contribution < 1.29 is 9.53 Å². The summed E-state index contributed by atoms with van der Waals surface area (Å²) < 4.78 is 5.78. The molecule has 2 rings (SSSR count). The monoisotopic (exact) mass is 290 g/mol. The Morgan fingerprint density at radius 1 is 1.10 bits per heavy atom. The molecular weight excluding hydrogens is 264 g/mol. The SMILES string of the molecule is CCN1CCN(C(=O)c2ccc(OC(C)(C)C)cc2)CC1. The first-order valence-corrected chi connectivity index (χ1v) is 7.70. The van der Waals surface area contributed by atoms with Crippen LogP contribution in [0.5, 0.6) is 5.75 Å². The van der Waals surface area contributed by atoms with Crippen molar-refractivity contribution in [3.8, 4) is 5.75 Å². The van der Waals surface area contributed by atoms with Crippen LogP contribution in [0.2, 0.25) is 0 Å². The molecule has 21 heavy (non-hydrogen) atoms. The molecule has 1 amide bonds. The molecule has 0 N–H and O–H groups in total. The van der Waals surface area contributed by atoms with Crippen molar-refractivity contribution in [1.82, 2.24) is 9.80 Å². The molecule has 4 nitrogen and oxygen atoms in total. The molecule has 116 valence electrons. The van der Waals surface area contributed by atoms with E-state index in [0.29, 0.717) is 0 Å². The number of nitrogens with zero attached hydrogens (tertiary/aromatic N) is 2. The number of hydrogen-bond donors (Lipinski definition) is 0. The number of carbonyl (C=O) groups is 1. The van der Waals surface area contributed by atoms with Crippen LogP contribution in [-0.4, -0.2) is 54.0 Å². The Bertz CT molecular complexity index is 469. The zero-order valence-electron chi connectivity index (χ0n) is 13.6. The minimum Gasteiger partial charge on any atom is -0.488 e. The van der Waals surface area contributed by atoms with Crippen molar-refractivity contribution >= 4 is 5.91 Å². The molecule has 0 spiro atoms. The lowest BCUT2D eigenvalue weighted by Gasteiger charge is -2.34. The highest BCUT2D eigenvalue weighted by molar-refractivity contribution is 5.94. The molecule has 0 unspecified atom stereocenters. The van der Waals surface area contributed by atoms with Crippen LogP contribution in [0.1, 0.15) is 38.1 Å². The maximum atomic E-state index is 12.5. The third-order valence-electron chi connectivity index (χ3n) is 3.63. The van der Waals surface area contributed by atoms with Gasteiger partial charge in [-0.2, -0.15) is 0 Å². The molecule has 1 fully saturated rings. The summed E-state index contributed by atoms with van der Waals surface area (Å²) in [6.45, 7) is 12.8. The Kier molecular flexibility index (Phi) is 4.88. The molecule has 1 heterocycles. The van der Waals surface area contributed by atoms with E-state index in [-0.39, 0.29) is 11.5 Å². The summed E-state index contributed by atoms with van der Waals surface area (Å²) in [5.74, 6) is 0.919. The van der Waals surface area contributed by atoms with Crippen molar-refractivity contribution in [3.63, 3.8) is 0 Å². The fourth-order valence-electron chi connectivity index (χ4n) is 2.47. The maximum absolute atomic E-state index is 12.5. The zero-order chi connectivity index (χ0) is 15.5. The van der Waals surface area contributed by atoms with E-state index in [1.165, 1.54) is 0 Å². The van der Waals surface area contributed by atoms with Gasteiger partial charge in [0.15, 0.2) is 0 Å². The van der Waals surface area contributed by atoms with Gasteiger partial charge in [-0.3, -0.25) is 4.79 Å². The molecule has 1 saturated heterocycles. The van der Waals surface area contributed by atoms with Crippen molar-refractivity contribution in [1.29, 1.82) is 0 Å². The van der Waals surface area contributed by atoms with Crippen LogP contribution in [0.25, 0.3) is 0 Å². The molecule has 0 bridgehead atoms. The van der Waals surface area contributed by atoms with Crippen LogP contribution >= 0.6 is 0 Å². The van der Waals surface area contributed by atoms with Gasteiger partial charge in [0.25, 0.3) is 5.91 Å². The molecule has 4 heteroatoms. The number of rotatable bonds is 3. The van der Waals surface area contributed by atoms with E-state index in [4.69, 9.17) is 4.74 Å². The van der Waals surface area contributed by atoms with Crippen molar-refractivity contribution in [2.45, 2.75) is 33.3 Å². The molecule has 0 atom stereocenters. The summed E-state index contributed by atoms with van der Waals surface area (Å²) in [5, 5.41) is 0. The first-order chi connectivity index (χ1) is 9.89. The smallest absolute Gasteiger partial charge is 0.253 e. The van der Waals surface area contributed by atoms with Crippen molar-refractivity contribution in [2.75, 3.05) is 32.7 Å². The Morgan fingerprint density at radius 3 is 2.14 bits per heavy atom. The Morgan fingerprint density at radius 2 is 1.67 bits per heavy atom. The molecule has 1 aromatic rings. The van der Waals surface area contributed by atoms with Crippen LogP contribution in [-0.2, 0) is 0 Å². The summed E-state index contributed by atoms with van der Waals surface area (Å²) in [5.41, 5.74) is 0.517. The third kappa shape index (κ3) is 4.46. The highest BCUT2D eigenvalue weighted by Crippen LogP contribution is 2.19. The van der Waals surface area contributed by atoms with Crippen molar-refractivity contribution in [3.05, 3.63) is 29.8 Å². The van der Waals surface area contributed by atoms with Crippen LogP contribution in [0.3, 0.4) is 0 Å². The number of benzene rings is 1. The normalized spacial score (nSPS) is 16.9. The highest BCUT2D eigenvalue weighted by atomic mass is 16.5. The lowest BCUT2D eigenvalue weighted by Crippen LogP contribution is -2.48. The minimum absolute atomic E-state index is 0.119. The maximum Gasteiger partial charge on any atom is 0.253 e. The Hall–Kier alpha value is -1.55. The van der Waals surface area contributed by atoms with Gasteiger partial charge >= 0.3 is 0 Å². The lowest BCUT2D eigenvalue weighted by atomic mass is 10.1. The zero-order valence-corrected chi connectivity index (χ0v) is 13.6. The van der Waals surface area contributed by atoms with Gasteiger partial charge in [-0.1, -0.05) is 6.92 Å². The second-order valence-corrected chi connectivity index (χ2v) is 6.47. The average molecular weight is 290 g/mol. The van der Waals surface area contributed by atoms with Gasteiger partial charge in [0.05, 0.1) is 0 Å². The fourth-order valence-corrected chi connectivity index (χ4v) is 2.47. The number of ether oxygens (including phenoxy) is 1. The summed E-state index contributed by atoms with van der Waals surface area (Å²) in [4.78, 5) is 16.8. The van der Waals surface area contributed by atoms with E-state index < -0.39 is 0 Å². The molecule has 1 aromatic carbocycles. The molecule has 0 radical (unpaired) electrons. The first-order valence-electron chi connectivity index (χ1n) is 7.70. The molecule has 0 aromatic heterocycles. The van der Waals surface area contributed by atoms with E-state index in [1.807, 2.05) is 49.9 Å². The number of amides is 1. The van der Waals surface area contributed by atoms with Gasteiger partial charge in [0.2, 0.25) is 0 Å². The summed E-state index contributed by atoms with van der Waals surface area (Å²) in [7, 11) is 0. The van der Waals surface area contributed by atoms with Gasteiger partial charge in [-0.05, 0) is 51.6 Å². The molecular formula is C17H26N2O2. The fraction of sp³-hybridized carbons (Fsp3) is 0.588. The van der Waals surface area contributed by atoms with Gasteiger partial charge in [-0.25, -0.2) is 0 Å². The van der Waals surface area contributed by atoms with E-state index in [1.54, 1.807) is 0 Å². The number of piperazine rings is 1. The average Bonchev–Trinajstić information content (AvgIpc) is 2.46. The minimum atomic E-state index is -0.220. The van der Waals surface area contributed by atoms with Gasteiger partial charge in [0.1, 0.15) is 11.4 Å². The summed E-state index contributed by atoms with van der Waals surface area (Å²) in [6.07, 6.45) is 0. The molecule has 0 saturated carbocycles. The third-order valence-corrected chi connectivity index (χ3v) is 3.63. The standard InChI is InChI=1S/C17H26N2O2/c1-5-18-10-12-19(13-11-18)16(20)14-6-8-15(9-7-14)21-17(2,3)4/h6-9H,5,10-13H2,1-4H3. The summed E-state index contributed by atoms with van der Waals surface area (Å²) >= 11 is 0. The van der Waals surface area contributed by atoms with E-state index >= 15 is 0 Å². The Balaban J connectivity index is 1.97. The van der Waals surface area contributed by atoms with Gasteiger partial charge in [-0.15, -0.1) is 0 Å². The second kappa shape index (κ2) is 6.48. The molecule has 1 aliphatic rings. The van der Waals surface area contributed by atoms with Crippen LogP contribution in [0.4, 0.5) is 0 Å². The van der Waals surface area contributed by atoms with Crippen LogP contribution in [0, 0.1) is 0 Å². The first kappa shape index (κ1) is 15.8. The van der Waals surface area contributed by atoms with Gasteiger partial charge in [0, 0.05) is 31.7 Å². The lowest BCUT2D eigenvalue weighted by molar-refractivity contribution is 0.0643. The van der Waals surface area contributed by atoms with Crippen molar-refractivity contribution in [2.24, 2.45) is 0 Å². The van der Waals surface area contributed by atoms with E-state index in [9.17, 15) is 4.79 Å². The van der Waals surface area contributed by atoms with E-state index in [0.717, 1.165) is 44.0 Å². The highest BCUT2D eigenvalue weighted by Gasteiger charge is 2.21. The van der Waals surface area contributed by atoms with E-state index in [2.05, 4.69) is 11.8 Å². The quantitative estimate of drug-likeness (QED) is 0.858. The predicted octanol–water partition coefficient (Wildman–Crippen LogP) is 2.64. The number of carbonyl (C=O) groups excluding carboxylic acids is 1. The Labute approximate surface area is 127 Å². The second-order valence-electron chi connectivity index (χ2n) is 6.47. The van der Waals surface area contributed by atoms with Gasteiger partial charge < -0.3 is 14.5 Å². The topological polar surface area (TPSA) is 32.8 Å². The van der Waals surface area contributed by atoms with Crippen LogP contribution < -0.4 is 4.74 Å². The van der Waals surface area contributed by atoms with Crippen LogP contribution in [0.15, 0.2) is 24.3 Å². The number of hydrogen-bond acceptors (Lipinski definition) is 3. The summed E-state index contributed by atoms with van der Waals surface area (Å²) in [6, 6.07) is 7.47. The predicted molar refractivity (Wildman–Crippen MR) is 84.8 cm³/mol.